The fourth-order valence-electron chi connectivity index (χ4n) is 4.72. The van der Waals surface area contributed by atoms with Crippen molar-refractivity contribution in [1.82, 2.24) is 5.32 Å². The van der Waals surface area contributed by atoms with E-state index in [0.717, 1.165) is 12.6 Å². The summed E-state index contributed by atoms with van der Waals surface area (Å²) in [7, 11) is 0. The Morgan fingerprint density at radius 3 is 2.30 bits per heavy atom. The van der Waals surface area contributed by atoms with Crippen LogP contribution in [-0.2, 0) is 5.41 Å². The van der Waals surface area contributed by atoms with Crippen molar-refractivity contribution in [3.8, 4) is 0 Å². The molecule has 108 valence electrons. The zero-order valence-electron chi connectivity index (χ0n) is 12.1. The van der Waals surface area contributed by atoms with Crippen molar-refractivity contribution in [2.45, 2.75) is 62.8 Å². The highest BCUT2D eigenvalue weighted by Crippen LogP contribution is 2.62. The van der Waals surface area contributed by atoms with E-state index in [4.69, 9.17) is 0 Å². The molecule has 0 heterocycles. The third-order valence-corrected chi connectivity index (χ3v) is 5.85. The normalized spacial score (nSPS) is 26.6. The summed E-state index contributed by atoms with van der Waals surface area (Å²) >= 11 is 0. The molecule has 4 rings (SSSR count). The van der Waals surface area contributed by atoms with Crippen LogP contribution < -0.4 is 5.32 Å². The molecule has 0 bridgehead atoms. The molecule has 1 aromatic rings. The minimum Gasteiger partial charge on any atom is -0.313 e. The molecule has 0 aromatic heterocycles. The predicted molar refractivity (Wildman–Crippen MR) is 79.2 cm³/mol. The van der Waals surface area contributed by atoms with Gasteiger partial charge in [-0.25, -0.2) is 4.39 Å². The molecule has 3 fully saturated rings. The number of nitrogens with one attached hydrogen (secondary N) is 1. The minimum absolute atomic E-state index is 0.117. The molecular formula is C18H24FN. The topological polar surface area (TPSA) is 12.0 Å². The van der Waals surface area contributed by atoms with Crippen LogP contribution in [0, 0.1) is 11.2 Å². The van der Waals surface area contributed by atoms with Gasteiger partial charge in [0.2, 0.25) is 0 Å². The van der Waals surface area contributed by atoms with Gasteiger partial charge in [0.25, 0.3) is 0 Å². The third kappa shape index (κ3) is 2.18. The standard InChI is InChI=1S/C18H24FN/c19-15-5-3-14(4-6-15)18(13-20-16-7-8-16)11-17(12-18)9-1-2-10-17/h3-6,16,20H,1-2,7-13H2. The van der Waals surface area contributed by atoms with Crippen LogP contribution in [0.5, 0.6) is 0 Å². The summed E-state index contributed by atoms with van der Waals surface area (Å²) in [6.07, 6.45) is 11.0. The lowest BCUT2D eigenvalue weighted by molar-refractivity contribution is 0.0267. The SMILES string of the molecule is Fc1ccc(C2(CNC3CC3)CC3(CCCC3)C2)cc1. The first-order valence-corrected chi connectivity index (χ1v) is 8.19. The van der Waals surface area contributed by atoms with Gasteiger partial charge in [-0.2, -0.15) is 0 Å². The Labute approximate surface area is 121 Å². The molecule has 1 aromatic carbocycles. The number of halogens is 1. The first-order valence-electron chi connectivity index (χ1n) is 8.19. The van der Waals surface area contributed by atoms with E-state index in [1.807, 2.05) is 12.1 Å². The molecule has 1 nitrogen and oxygen atoms in total. The summed E-state index contributed by atoms with van der Waals surface area (Å²) < 4.78 is 13.2. The molecule has 0 atom stereocenters. The van der Waals surface area contributed by atoms with Crippen LogP contribution >= 0.6 is 0 Å². The summed E-state index contributed by atoms with van der Waals surface area (Å²) in [6.45, 7) is 1.09. The Morgan fingerprint density at radius 2 is 1.70 bits per heavy atom. The van der Waals surface area contributed by atoms with E-state index >= 15 is 0 Å². The average Bonchev–Trinajstić information content (AvgIpc) is 3.12. The molecule has 0 unspecified atom stereocenters. The summed E-state index contributed by atoms with van der Waals surface area (Å²) in [5.74, 6) is -0.117. The Hall–Kier alpha value is -0.890. The fourth-order valence-corrected chi connectivity index (χ4v) is 4.72. The highest BCUT2D eigenvalue weighted by atomic mass is 19.1. The number of rotatable bonds is 4. The highest BCUT2D eigenvalue weighted by molar-refractivity contribution is 5.32. The second-order valence-corrected chi connectivity index (χ2v) is 7.50. The van der Waals surface area contributed by atoms with Crippen molar-refractivity contribution in [3.63, 3.8) is 0 Å². The maximum atomic E-state index is 13.2. The van der Waals surface area contributed by atoms with Crippen molar-refractivity contribution in [3.05, 3.63) is 35.6 Å². The van der Waals surface area contributed by atoms with Gasteiger partial charge in [-0.3, -0.25) is 0 Å². The van der Waals surface area contributed by atoms with E-state index < -0.39 is 0 Å². The summed E-state index contributed by atoms with van der Waals surface area (Å²) in [5, 5.41) is 3.73. The number of benzene rings is 1. The Kier molecular flexibility index (Phi) is 2.92. The Bertz CT molecular complexity index is 475. The largest absolute Gasteiger partial charge is 0.313 e. The van der Waals surface area contributed by atoms with Gasteiger partial charge < -0.3 is 5.32 Å². The van der Waals surface area contributed by atoms with Gasteiger partial charge in [-0.05, 0) is 61.6 Å². The molecule has 0 aliphatic heterocycles. The van der Waals surface area contributed by atoms with Crippen LogP contribution in [0.15, 0.2) is 24.3 Å². The van der Waals surface area contributed by atoms with Crippen molar-refractivity contribution in [1.29, 1.82) is 0 Å². The van der Waals surface area contributed by atoms with Crippen molar-refractivity contribution in [2.24, 2.45) is 5.41 Å². The van der Waals surface area contributed by atoms with Gasteiger partial charge >= 0.3 is 0 Å². The van der Waals surface area contributed by atoms with Crippen molar-refractivity contribution < 1.29 is 4.39 Å². The van der Waals surface area contributed by atoms with E-state index in [0.29, 0.717) is 5.41 Å². The van der Waals surface area contributed by atoms with E-state index in [2.05, 4.69) is 5.32 Å². The van der Waals surface area contributed by atoms with Gasteiger partial charge in [0.15, 0.2) is 0 Å². The second kappa shape index (κ2) is 4.56. The van der Waals surface area contributed by atoms with Crippen LogP contribution in [-0.4, -0.2) is 12.6 Å². The molecule has 2 heteroatoms. The van der Waals surface area contributed by atoms with Crippen molar-refractivity contribution >= 4 is 0 Å². The van der Waals surface area contributed by atoms with Crippen LogP contribution in [0.4, 0.5) is 4.39 Å². The Morgan fingerprint density at radius 1 is 1.05 bits per heavy atom. The second-order valence-electron chi connectivity index (χ2n) is 7.50. The third-order valence-electron chi connectivity index (χ3n) is 5.85. The Balaban J connectivity index is 1.55. The average molecular weight is 273 g/mol. The van der Waals surface area contributed by atoms with E-state index in [1.165, 1.54) is 56.9 Å². The smallest absolute Gasteiger partial charge is 0.123 e. The van der Waals surface area contributed by atoms with Crippen LogP contribution in [0.2, 0.25) is 0 Å². The first-order chi connectivity index (χ1) is 9.70. The van der Waals surface area contributed by atoms with E-state index in [1.54, 1.807) is 12.1 Å². The zero-order chi connectivity index (χ0) is 13.6. The molecule has 3 aliphatic rings. The summed E-state index contributed by atoms with van der Waals surface area (Å²) in [6, 6.07) is 8.06. The van der Waals surface area contributed by atoms with Crippen LogP contribution in [0.1, 0.15) is 56.9 Å². The lowest BCUT2D eigenvalue weighted by Gasteiger charge is -2.56. The summed E-state index contributed by atoms with van der Waals surface area (Å²) in [4.78, 5) is 0. The molecule has 3 aliphatic carbocycles. The first kappa shape index (κ1) is 12.8. The van der Waals surface area contributed by atoms with Crippen LogP contribution in [0.3, 0.4) is 0 Å². The highest BCUT2D eigenvalue weighted by Gasteiger charge is 2.55. The molecular weight excluding hydrogens is 249 g/mol. The summed E-state index contributed by atoms with van der Waals surface area (Å²) in [5.41, 5.74) is 2.25. The molecule has 0 saturated heterocycles. The number of hydrogen-bond donors (Lipinski definition) is 1. The van der Waals surface area contributed by atoms with E-state index in [-0.39, 0.29) is 11.2 Å². The quantitative estimate of drug-likeness (QED) is 0.868. The number of hydrogen-bond acceptors (Lipinski definition) is 1. The monoisotopic (exact) mass is 273 g/mol. The zero-order valence-corrected chi connectivity index (χ0v) is 12.1. The van der Waals surface area contributed by atoms with Crippen molar-refractivity contribution in [2.75, 3.05) is 6.54 Å². The minimum atomic E-state index is -0.117. The van der Waals surface area contributed by atoms with E-state index in [9.17, 15) is 4.39 Å². The maximum Gasteiger partial charge on any atom is 0.123 e. The van der Waals surface area contributed by atoms with Crippen LogP contribution in [0.25, 0.3) is 0 Å². The van der Waals surface area contributed by atoms with Gasteiger partial charge in [0, 0.05) is 18.0 Å². The maximum absolute atomic E-state index is 13.2. The predicted octanol–water partition coefficient (Wildman–Crippen LogP) is 4.17. The lowest BCUT2D eigenvalue weighted by Crippen LogP contribution is -2.54. The van der Waals surface area contributed by atoms with Gasteiger partial charge in [-0.15, -0.1) is 0 Å². The molecule has 20 heavy (non-hydrogen) atoms. The van der Waals surface area contributed by atoms with Gasteiger partial charge in [0.05, 0.1) is 0 Å². The van der Waals surface area contributed by atoms with Gasteiger partial charge in [0.1, 0.15) is 5.82 Å². The molecule has 3 saturated carbocycles. The molecule has 0 amide bonds. The molecule has 1 spiro atoms. The molecule has 1 N–H and O–H groups in total. The molecule has 0 radical (unpaired) electrons. The lowest BCUT2D eigenvalue weighted by atomic mass is 9.49. The fraction of sp³-hybridized carbons (Fsp3) is 0.667. The van der Waals surface area contributed by atoms with Gasteiger partial charge in [-0.1, -0.05) is 25.0 Å².